The molecular weight excluding hydrogens is 481 g/mol. The Labute approximate surface area is 200 Å². The summed E-state index contributed by atoms with van der Waals surface area (Å²) in [4.78, 5) is 4.51. The third-order valence-corrected chi connectivity index (χ3v) is 7.78. The number of hydrogen-bond acceptors (Lipinski definition) is 4. The maximum Gasteiger partial charge on any atom is 0.416 e. The number of halogens is 3. The number of hydrogen-bond donors (Lipinski definition) is 1. The molecule has 2 aromatic carbocycles. The molecule has 2 aromatic heterocycles. The van der Waals surface area contributed by atoms with Crippen molar-refractivity contribution in [3.63, 3.8) is 0 Å². The first-order valence-corrected chi connectivity index (χ1v) is 12.7. The van der Waals surface area contributed by atoms with E-state index in [-0.39, 0.29) is 16.9 Å². The van der Waals surface area contributed by atoms with Crippen molar-refractivity contribution in [3.8, 4) is 0 Å². The Balaban J connectivity index is 1.99. The highest BCUT2D eigenvalue weighted by Crippen LogP contribution is 2.38. The van der Waals surface area contributed by atoms with E-state index in [2.05, 4.69) is 9.71 Å². The van der Waals surface area contributed by atoms with Crippen LogP contribution in [-0.2, 0) is 28.2 Å². The predicted octanol–water partition coefficient (Wildman–Crippen LogP) is 5.94. The fraction of sp³-hybridized carbons (Fsp3) is 0.160. The van der Waals surface area contributed by atoms with Gasteiger partial charge in [0.2, 0.25) is 10.0 Å². The van der Waals surface area contributed by atoms with E-state index < -0.39 is 27.3 Å². The van der Waals surface area contributed by atoms with Crippen molar-refractivity contribution < 1.29 is 21.6 Å². The van der Waals surface area contributed by atoms with Crippen LogP contribution >= 0.6 is 11.3 Å². The molecule has 0 bridgehead atoms. The lowest BCUT2D eigenvalue weighted by Crippen LogP contribution is -2.49. The predicted molar refractivity (Wildman–Crippen MR) is 126 cm³/mol. The zero-order chi connectivity index (χ0) is 24.4. The van der Waals surface area contributed by atoms with Gasteiger partial charge in [-0.25, -0.2) is 8.42 Å². The highest BCUT2D eigenvalue weighted by Gasteiger charge is 2.42. The van der Waals surface area contributed by atoms with Crippen molar-refractivity contribution in [2.75, 3.05) is 0 Å². The average Bonchev–Trinajstić information content (AvgIpc) is 3.35. The number of nitrogens with one attached hydrogen (secondary N) is 1. The summed E-state index contributed by atoms with van der Waals surface area (Å²) in [5.74, 6) is 0. The minimum absolute atomic E-state index is 0.0361. The molecule has 9 heteroatoms. The highest BCUT2D eigenvalue weighted by molar-refractivity contribution is 7.89. The minimum Gasteiger partial charge on any atom is -0.259 e. The van der Waals surface area contributed by atoms with Gasteiger partial charge < -0.3 is 0 Å². The maximum atomic E-state index is 13.6. The molecule has 0 spiro atoms. The monoisotopic (exact) mass is 502 g/mol. The summed E-state index contributed by atoms with van der Waals surface area (Å²) in [5.41, 5.74) is -0.472. The highest BCUT2D eigenvalue weighted by atomic mass is 32.2. The smallest absolute Gasteiger partial charge is 0.259 e. The molecule has 1 unspecified atom stereocenters. The van der Waals surface area contributed by atoms with Gasteiger partial charge in [-0.2, -0.15) is 29.2 Å². The van der Waals surface area contributed by atoms with Crippen molar-refractivity contribution >= 4 is 21.4 Å². The fourth-order valence-electron chi connectivity index (χ4n) is 3.76. The Hall–Kier alpha value is -3.01. The summed E-state index contributed by atoms with van der Waals surface area (Å²) in [5, 5.41) is 3.10. The van der Waals surface area contributed by atoms with Crippen molar-refractivity contribution in [1.29, 1.82) is 0 Å². The van der Waals surface area contributed by atoms with E-state index >= 15 is 0 Å². The second-order valence-corrected chi connectivity index (χ2v) is 10.4. The van der Waals surface area contributed by atoms with Gasteiger partial charge in [0.1, 0.15) is 5.54 Å². The number of nitrogens with zero attached hydrogens (tertiary/aromatic N) is 1. The summed E-state index contributed by atoms with van der Waals surface area (Å²) in [7, 11) is -4.11. The second kappa shape index (κ2) is 9.32. The molecule has 1 N–H and O–H groups in total. The van der Waals surface area contributed by atoms with Crippen molar-refractivity contribution in [2.24, 2.45) is 0 Å². The van der Waals surface area contributed by atoms with Crippen LogP contribution in [0.1, 0.15) is 27.9 Å². The summed E-state index contributed by atoms with van der Waals surface area (Å²) in [6.07, 6.45) is -2.97. The molecule has 0 saturated heterocycles. The number of sulfonamides is 1. The summed E-state index contributed by atoms with van der Waals surface area (Å²) >= 11 is 1.21. The fourth-order valence-corrected chi connectivity index (χ4v) is 6.16. The molecule has 4 nitrogen and oxygen atoms in total. The number of alkyl halides is 3. The van der Waals surface area contributed by atoms with Gasteiger partial charge in [0.15, 0.2) is 0 Å². The van der Waals surface area contributed by atoms with Gasteiger partial charge in [-0.05, 0) is 53.3 Å². The van der Waals surface area contributed by atoms with E-state index in [1.54, 1.807) is 48.0 Å². The van der Waals surface area contributed by atoms with Crippen LogP contribution in [0.5, 0.6) is 0 Å². The first-order valence-electron chi connectivity index (χ1n) is 10.3. The molecule has 4 rings (SSSR count). The number of pyridine rings is 1. The zero-order valence-corrected chi connectivity index (χ0v) is 19.7. The number of rotatable bonds is 7. The summed E-state index contributed by atoms with van der Waals surface area (Å²) in [6, 6.07) is 18.6. The number of thiophene rings is 1. The molecule has 0 aliphatic rings. The van der Waals surface area contributed by atoms with E-state index in [4.69, 9.17) is 0 Å². The van der Waals surface area contributed by atoms with Gasteiger partial charge in [-0.3, -0.25) is 4.98 Å². The van der Waals surface area contributed by atoms with Crippen molar-refractivity contribution in [2.45, 2.75) is 30.0 Å². The molecular formula is C25H21F3N2O2S2. The Morgan fingerprint density at radius 2 is 1.68 bits per heavy atom. The standard InChI is InChI=1S/C25H21F3N2O2S2/c1-18-10-11-23(29-16-18)24(15-19-6-3-2-4-7-19,30-34(31,32)22-12-13-33-17-22)20-8-5-9-21(14-20)25(26,27)28/h2-14,16-17,30H,15H2,1H3. The van der Waals surface area contributed by atoms with E-state index in [9.17, 15) is 21.6 Å². The number of aromatic nitrogens is 1. The van der Waals surface area contributed by atoms with Crippen LogP contribution < -0.4 is 4.72 Å². The van der Waals surface area contributed by atoms with Crippen molar-refractivity contribution in [3.05, 3.63) is 118 Å². The van der Waals surface area contributed by atoms with Crippen LogP contribution in [0, 0.1) is 6.92 Å². The lowest BCUT2D eigenvalue weighted by atomic mass is 9.81. The van der Waals surface area contributed by atoms with E-state index in [0.717, 1.165) is 23.3 Å². The van der Waals surface area contributed by atoms with Crippen LogP contribution in [0.15, 0.2) is 94.6 Å². The van der Waals surface area contributed by atoms with E-state index in [1.807, 2.05) is 13.0 Å². The molecule has 0 radical (unpaired) electrons. The summed E-state index contributed by atoms with van der Waals surface area (Å²) < 4.78 is 70.6. The van der Waals surface area contributed by atoms with Crippen LogP contribution in [0.2, 0.25) is 0 Å². The average molecular weight is 503 g/mol. The Kier molecular flexibility index (Phi) is 6.62. The third kappa shape index (κ3) is 5.06. The topological polar surface area (TPSA) is 59.1 Å². The van der Waals surface area contributed by atoms with Gasteiger partial charge in [0, 0.05) is 18.0 Å². The van der Waals surface area contributed by atoms with E-state index in [1.165, 1.54) is 34.9 Å². The number of aryl methyl sites for hydroxylation is 1. The van der Waals surface area contributed by atoms with Gasteiger partial charge in [0.25, 0.3) is 0 Å². The van der Waals surface area contributed by atoms with Crippen LogP contribution in [-0.4, -0.2) is 13.4 Å². The first kappa shape index (κ1) is 24.1. The maximum absolute atomic E-state index is 13.6. The molecule has 176 valence electrons. The van der Waals surface area contributed by atoms with Crippen molar-refractivity contribution in [1.82, 2.24) is 9.71 Å². The van der Waals surface area contributed by atoms with Gasteiger partial charge in [-0.15, -0.1) is 0 Å². The third-order valence-electron chi connectivity index (χ3n) is 5.46. The Morgan fingerprint density at radius 3 is 2.29 bits per heavy atom. The zero-order valence-electron chi connectivity index (χ0n) is 18.1. The summed E-state index contributed by atoms with van der Waals surface area (Å²) in [6.45, 7) is 1.83. The Morgan fingerprint density at radius 1 is 0.941 bits per heavy atom. The Bertz CT molecular complexity index is 1360. The lowest BCUT2D eigenvalue weighted by Gasteiger charge is -2.35. The molecule has 4 aromatic rings. The number of benzene rings is 2. The van der Waals surface area contributed by atoms with E-state index in [0.29, 0.717) is 5.69 Å². The minimum atomic E-state index is -4.60. The molecule has 1 atom stereocenters. The van der Waals surface area contributed by atoms with Crippen LogP contribution in [0.4, 0.5) is 13.2 Å². The largest absolute Gasteiger partial charge is 0.416 e. The molecule has 0 saturated carbocycles. The van der Waals surface area contributed by atoms with Gasteiger partial charge >= 0.3 is 6.18 Å². The quantitative estimate of drug-likeness (QED) is 0.341. The molecule has 34 heavy (non-hydrogen) atoms. The molecule has 0 fully saturated rings. The van der Waals surface area contributed by atoms with Crippen LogP contribution in [0.3, 0.4) is 0 Å². The molecule has 0 amide bonds. The van der Waals surface area contributed by atoms with Crippen LogP contribution in [0.25, 0.3) is 0 Å². The second-order valence-electron chi connectivity index (χ2n) is 7.93. The lowest BCUT2D eigenvalue weighted by molar-refractivity contribution is -0.137. The molecule has 2 heterocycles. The van der Waals surface area contributed by atoms with Gasteiger partial charge in [-0.1, -0.05) is 48.5 Å². The van der Waals surface area contributed by atoms with Gasteiger partial charge in [0.05, 0.1) is 16.2 Å². The molecule has 0 aliphatic heterocycles. The first-order chi connectivity index (χ1) is 16.1. The SMILES string of the molecule is Cc1ccc(C(Cc2ccccc2)(NS(=O)(=O)c2ccsc2)c2cccc(C(F)(F)F)c2)nc1. The molecule has 0 aliphatic carbocycles. The normalized spacial score (nSPS) is 14.0.